The summed E-state index contributed by atoms with van der Waals surface area (Å²) in [5, 5.41) is 21.9. The molecule has 0 bridgehead atoms. The lowest BCUT2D eigenvalue weighted by Crippen LogP contribution is -2.43. The Labute approximate surface area is 389 Å². The summed E-state index contributed by atoms with van der Waals surface area (Å²) in [7, 11) is -4.77. The van der Waals surface area contributed by atoms with Gasteiger partial charge in [0.25, 0.3) is 0 Å². The number of carbonyl (C=O) groups is 3. The van der Waals surface area contributed by atoms with E-state index >= 15 is 0 Å². The number of amides is 1. The van der Waals surface area contributed by atoms with Crippen molar-refractivity contribution in [3.8, 4) is 0 Å². The number of aliphatic hydroxyl groups excluding tert-OH is 1. The van der Waals surface area contributed by atoms with Gasteiger partial charge < -0.3 is 25.2 Å². The molecule has 4 N–H and O–H groups in total. The molecule has 0 radical (unpaired) electrons. The molecular weight excluding hydrogens is 830 g/mol. The Balaban J connectivity index is 3.89. The highest BCUT2D eigenvalue weighted by atomic mass is 31.2. The van der Waals surface area contributed by atoms with Gasteiger partial charge in [-0.05, 0) is 83.5 Å². The van der Waals surface area contributed by atoms with Crippen LogP contribution in [0.15, 0.2) is 72.9 Å². The molecule has 0 rings (SSSR count). The Kier molecular flexibility index (Phi) is 44.2. The number of allylic oxidation sites excluding steroid dienone is 12. The zero-order valence-electron chi connectivity index (χ0n) is 40.1. The molecule has 0 aliphatic rings. The smallest absolute Gasteiger partial charge is 0.472 e. The van der Waals surface area contributed by atoms with Crippen LogP contribution in [-0.2, 0) is 32.7 Å². The van der Waals surface area contributed by atoms with E-state index in [1.807, 2.05) is 0 Å². The first kappa shape index (κ1) is 60.9. The maximum Gasteiger partial charge on any atom is 0.472 e. The van der Waals surface area contributed by atoms with Gasteiger partial charge in [-0.15, -0.1) is 0 Å². The number of hydrogen-bond acceptors (Lipinski definition) is 8. The average molecular weight is 920 g/mol. The maximum absolute atomic E-state index is 12.4. The third kappa shape index (κ3) is 45.5. The van der Waals surface area contributed by atoms with Crippen LogP contribution in [0.5, 0.6) is 0 Å². The van der Waals surface area contributed by atoms with Gasteiger partial charge in [-0.3, -0.25) is 18.6 Å². The number of phosphoric ester groups is 1. The average Bonchev–Trinajstić information content (AvgIpc) is 3.27. The minimum absolute atomic E-state index is 0.140. The number of rotatable bonds is 46. The SMILES string of the molecule is CC/C=C\C/C=C\C/C=C\C/C=C\C/C=C\CCCCCC(=O)OCC(O)COP(=O)(O)OCC(NC(=O)CCCCCCCCCCCCC/C=C/CCCCCCCC)C(=O)O. The monoisotopic (exact) mass is 920 g/mol. The summed E-state index contributed by atoms with van der Waals surface area (Å²) in [6, 6.07) is -1.55. The van der Waals surface area contributed by atoms with Gasteiger partial charge in [0.15, 0.2) is 6.04 Å². The molecule has 12 heteroatoms. The second-order valence-electron chi connectivity index (χ2n) is 16.6. The number of carbonyl (C=O) groups excluding carboxylic acids is 2. The quantitative estimate of drug-likeness (QED) is 0.0200. The first-order valence-electron chi connectivity index (χ1n) is 25.0. The largest absolute Gasteiger partial charge is 0.480 e. The minimum Gasteiger partial charge on any atom is -0.480 e. The van der Waals surface area contributed by atoms with Crippen LogP contribution in [0, 0.1) is 0 Å². The van der Waals surface area contributed by atoms with Crippen molar-refractivity contribution < 1.29 is 47.8 Å². The highest BCUT2D eigenvalue weighted by Crippen LogP contribution is 2.43. The molecule has 368 valence electrons. The van der Waals surface area contributed by atoms with Gasteiger partial charge >= 0.3 is 19.8 Å². The van der Waals surface area contributed by atoms with E-state index in [0.717, 1.165) is 70.6 Å². The molecule has 64 heavy (non-hydrogen) atoms. The van der Waals surface area contributed by atoms with Crippen molar-refractivity contribution in [2.45, 2.75) is 219 Å². The molecule has 0 saturated carbocycles. The van der Waals surface area contributed by atoms with Crippen molar-refractivity contribution in [2.75, 3.05) is 19.8 Å². The van der Waals surface area contributed by atoms with Crippen molar-refractivity contribution in [1.29, 1.82) is 0 Å². The molecule has 0 spiro atoms. The summed E-state index contributed by atoms with van der Waals surface area (Å²) in [4.78, 5) is 46.1. The summed E-state index contributed by atoms with van der Waals surface area (Å²) in [5.74, 6) is -2.41. The topological polar surface area (TPSA) is 169 Å². The number of aliphatic hydroxyl groups is 1. The summed E-state index contributed by atoms with van der Waals surface area (Å²) >= 11 is 0. The first-order valence-corrected chi connectivity index (χ1v) is 26.5. The van der Waals surface area contributed by atoms with Gasteiger partial charge in [0, 0.05) is 12.8 Å². The number of carboxylic acid groups (broad SMARTS) is 1. The highest BCUT2D eigenvalue weighted by molar-refractivity contribution is 7.47. The van der Waals surface area contributed by atoms with E-state index in [-0.39, 0.29) is 12.8 Å². The Bertz CT molecular complexity index is 1360. The summed E-state index contributed by atoms with van der Waals surface area (Å²) < 4.78 is 26.9. The number of hydrogen-bond donors (Lipinski definition) is 4. The van der Waals surface area contributed by atoms with Gasteiger partial charge in [0.05, 0.1) is 13.2 Å². The number of carboxylic acids is 1. The third-order valence-corrected chi connectivity index (χ3v) is 11.4. The van der Waals surface area contributed by atoms with E-state index in [1.54, 1.807) is 0 Å². The van der Waals surface area contributed by atoms with Crippen LogP contribution in [0.4, 0.5) is 0 Å². The molecule has 0 fully saturated rings. The second kappa shape index (κ2) is 46.4. The van der Waals surface area contributed by atoms with Gasteiger partial charge in [-0.1, -0.05) is 183 Å². The molecular formula is C52H90NO10P. The molecule has 0 saturated heterocycles. The van der Waals surface area contributed by atoms with E-state index in [2.05, 4.69) is 92.1 Å². The number of esters is 1. The molecule has 1 amide bonds. The van der Waals surface area contributed by atoms with Crippen LogP contribution in [0.25, 0.3) is 0 Å². The Morgan fingerprint density at radius 1 is 0.516 bits per heavy atom. The molecule has 0 aromatic rings. The van der Waals surface area contributed by atoms with Crippen molar-refractivity contribution in [3.63, 3.8) is 0 Å². The van der Waals surface area contributed by atoms with E-state index in [9.17, 15) is 34.1 Å². The first-order chi connectivity index (χ1) is 31.1. The summed E-state index contributed by atoms with van der Waals surface area (Å²) in [6.07, 6.45) is 56.4. The number of nitrogens with one attached hydrogen (secondary N) is 1. The standard InChI is InChI=1S/C52H90NO10P/c1-3-5-7-9-11-13-15-17-19-21-23-24-26-27-29-31-33-35-37-39-41-43-50(55)53-49(52(57)58)47-63-64(59,60)62-46-48(54)45-61-51(56)44-42-40-38-36-34-32-30-28-25-22-20-18-16-14-12-10-8-6-4-2/h6,8,12,14,17-20,25,28,32,34,48-49,54H,3-5,7,9-11,13,15-16,21-24,26-27,29-31,33,35-47H2,1-2H3,(H,53,55)(H,57,58)(H,59,60)/b8-6-,14-12-,19-17+,20-18-,28-25-,34-32-. The van der Waals surface area contributed by atoms with E-state index in [4.69, 9.17) is 13.8 Å². The number of phosphoric acid groups is 1. The summed E-state index contributed by atoms with van der Waals surface area (Å²) in [6.45, 7) is 2.46. The number of ether oxygens (including phenoxy) is 1. The Hall–Kier alpha value is -3.08. The highest BCUT2D eigenvalue weighted by Gasteiger charge is 2.28. The van der Waals surface area contributed by atoms with Crippen molar-refractivity contribution in [3.05, 3.63) is 72.9 Å². The molecule has 0 aliphatic heterocycles. The lowest BCUT2D eigenvalue weighted by Gasteiger charge is -2.18. The molecule has 0 aromatic heterocycles. The molecule has 11 nitrogen and oxygen atoms in total. The Morgan fingerprint density at radius 3 is 1.39 bits per heavy atom. The fraction of sp³-hybridized carbons (Fsp3) is 0.712. The van der Waals surface area contributed by atoms with E-state index < -0.39 is 57.6 Å². The third-order valence-electron chi connectivity index (χ3n) is 10.5. The van der Waals surface area contributed by atoms with E-state index in [1.165, 1.54) is 96.3 Å². The van der Waals surface area contributed by atoms with Crippen LogP contribution < -0.4 is 5.32 Å². The molecule has 3 unspecified atom stereocenters. The number of unbranched alkanes of at least 4 members (excludes halogenated alkanes) is 20. The van der Waals surface area contributed by atoms with Crippen LogP contribution in [0.3, 0.4) is 0 Å². The van der Waals surface area contributed by atoms with Gasteiger partial charge in [0.1, 0.15) is 12.7 Å². The van der Waals surface area contributed by atoms with Gasteiger partial charge in [-0.25, -0.2) is 9.36 Å². The fourth-order valence-corrected chi connectivity index (χ4v) is 7.40. The lowest BCUT2D eigenvalue weighted by molar-refractivity contribution is -0.147. The fourth-order valence-electron chi connectivity index (χ4n) is 6.63. The second-order valence-corrected chi connectivity index (χ2v) is 18.1. The van der Waals surface area contributed by atoms with Crippen LogP contribution in [0.2, 0.25) is 0 Å². The van der Waals surface area contributed by atoms with Crippen LogP contribution in [-0.4, -0.2) is 64.9 Å². The van der Waals surface area contributed by atoms with Crippen LogP contribution >= 0.6 is 7.82 Å². The van der Waals surface area contributed by atoms with E-state index in [0.29, 0.717) is 12.8 Å². The predicted molar refractivity (Wildman–Crippen MR) is 263 cm³/mol. The lowest BCUT2D eigenvalue weighted by atomic mass is 10.0. The van der Waals surface area contributed by atoms with Crippen LogP contribution in [0.1, 0.15) is 206 Å². The molecule has 0 aliphatic carbocycles. The Morgan fingerprint density at radius 2 is 0.906 bits per heavy atom. The maximum atomic E-state index is 12.4. The zero-order valence-corrected chi connectivity index (χ0v) is 41.0. The molecule has 0 heterocycles. The van der Waals surface area contributed by atoms with Gasteiger partial charge in [0.2, 0.25) is 5.91 Å². The molecule has 3 atom stereocenters. The normalized spacial score (nSPS) is 14.2. The predicted octanol–water partition coefficient (Wildman–Crippen LogP) is 13.7. The minimum atomic E-state index is -4.77. The number of aliphatic carboxylic acids is 1. The van der Waals surface area contributed by atoms with Crippen molar-refractivity contribution in [2.24, 2.45) is 0 Å². The van der Waals surface area contributed by atoms with Crippen molar-refractivity contribution >= 4 is 25.7 Å². The van der Waals surface area contributed by atoms with Crippen molar-refractivity contribution in [1.82, 2.24) is 5.32 Å². The molecule has 0 aromatic carbocycles. The summed E-state index contributed by atoms with van der Waals surface area (Å²) in [5.41, 5.74) is 0. The zero-order chi connectivity index (χ0) is 47.0. The van der Waals surface area contributed by atoms with Gasteiger partial charge in [-0.2, -0.15) is 0 Å².